The van der Waals surface area contributed by atoms with E-state index in [1.807, 2.05) is 31.2 Å². The first-order valence-electron chi connectivity index (χ1n) is 5.77. The van der Waals surface area contributed by atoms with Crippen molar-refractivity contribution in [1.82, 2.24) is 4.98 Å². The molecule has 0 aliphatic carbocycles. The van der Waals surface area contributed by atoms with Gasteiger partial charge in [0.15, 0.2) is 0 Å². The van der Waals surface area contributed by atoms with Crippen LogP contribution in [-0.4, -0.2) is 15.1 Å². The molecule has 8 heteroatoms. The Morgan fingerprint density at radius 2 is 1.86 bits per heavy atom. The molecule has 0 radical (unpaired) electrons. The van der Waals surface area contributed by atoms with Gasteiger partial charge >= 0.3 is 103 Å². The normalized spacial score (nSPS) is 12.8. The standard InChI is InChI=1S/C13H13NO2S3.2K/c1-2-13(12(16)18,7-10(15)17)11-14-8-5-3-4-6-9(8)19-11;;/h3-6H,2,7H2,1H3,(H,15,17)(H,16,18);;/q;2*+1/p-2. The van der Waals surface area contributed by atoms with Gasteiger partial charge in [-0.3, -0.25) is 0 Å². The number of thiocarbonyl (C=S) groups is 2. The van der Waals surface area contributed by atoms with Crippen LogP contribution in [0.1, 0.15) is 24.8 Å². The van der Waals surface area contributed by atoms with Crippen molar-refractivity contribution in [2.45, 2.75) is 25.2 Å². The van der Waals surface area contributed by atoms with Crippen molar-refractivity contribution in [1.29, 1.82) is 0 Å². The molecule has 2 aromatic rings. The van der Waals surface area contributed by atoms with Crippen LogP contribution in [0.25, 0.3) is 10.2 Å². The van der Waals surface area contributed by atoms with E-state index in [1.54, 1.807) is 0 Å². The number of benzene rings is 1. The summed E-state index contributed by atoms with van der Waals surface area (Å²) in [5.74, 6) is 0. The Hall–Kier alpha value is 2.16. The van der Waals surface area contributed by atoms with Crippen LogP contribution < -0.4 is 113 Å². The molecule has 0 saturated carbocycles. The van der Waals surface area contributed by atoms with Crippen LogP contribution in [0.15, 0.2) is 24.3 Å². The van der Waals surface area contributed by atoms with Crippen LogP contribution >= 0.6 is 35.8 Å². The summed E-state index contributed by atoms with van der Waals surface area (Å²) in [5.41, 5.74) is -0.230. The third-order valence-corrected chi connectivity index (χ3v) is 4.92. The number of rotatable bonds is 5. The largest absolute Gasteiger partial charge is 1.00 e. The van der Waals surface area contributed by atoms with Gasteiger partial charge in [-0.1, -0.05) is 29.2 Å². The maximum atomic E-state index is 11.9. The monoisotopic (exact) mass is 387 g/mol. The average Bonchev–Trinajstić information content (AvgIpc) is 2.79. The van der Waals surface area contributed by atoms with Crippen molar-refractivity contribution in [3.63, 3.8) is 0 Å². The summed E-state index contributed by atoms with van der Waals surface area (Å²) in [5, 5.41) is 22.9. The maximum absolute atomic E-state index is 11.9. The Balaban J connectivity index is 0.00000200. The minimum atomic E-state index is -1.04. The zero-order valence-corrected chi connectivity index (χ0v) is 20.9. The quantitative estimate of drug-likeness (QED) is 0.384. The fraction of sp³-hybridized carbons (Fsp3) is 0.308. The smallest absolute Gasteiger partial charge is 0.867 e. The number of aromatic nitrogens is 1. The van der Waals surface area contributed by atoms with Gasteiger partial charge in [-0.05, 0) is 25.0 Å². The van der Waals surface area contributed by atoms with Crippen molar-refractivity contribution < 1.29 is 113 Å². The number of nitrogens with zero attached hydrogens (tertiary/aromatic N) is 1. The van der Waals surface area contributed by atoms with Crippen LogP contribution in [0.5, 0.6) is 0 Å². The van der Waals surface area contributed by atoms with E-state index in [1.165, 1.54) is 11.3 Å². The van der Waals surface area contributed by atoms with Crippen LogP contribution in [-0.2, 0) is 5.41 Å². The first kappa shape index (κ1) is 23.2. The van der Waals surface area contributed by atoms with Crippen molar-refractivity contribution in [2.24, 2.45) is 0 Å². The third-order valence-electron chi connectivity index (χ3n) is 3.14. The van der Waals surface area contributed by atoms with E-state index in [0.717, 1.165) is 10.2 Å². The summed E-state index contributed by atoms with van der Waals surface area (Å²) in [4.78, 5) is 4.46. The summed E-state index contributed by atoms with van der Waals surface area (Å²) >= 11 is 10.9. The van der Waals surface area contributed by atoms with Crippen LogP contribution in [0.4, 0.5) is 0 Å². The molecule has 0 spiro atoms. The van der Waals surface area contributed by atoms with Crippen molar-refractivity contribution in [3.05, 3.63) is 29.3 Å². The van der Waals surface area contributed by atoms with Gasteiger partial charge < -0.3 is 10.2 Å². The summed E-state index contributed by atoms with van der Waals surface area (Å²) in [6, 6.07) is 7.60. The van der Waals surface area contributed by atoms with E-state index in [9.17, 15) is 10.2 Å². The maximum Gasteiger partial charge on any atom is 1.00 e. The average molecular weight is 388 g/mol. The second-order valence-electron chi connectivity index (χ2n) is 4.26. The second kappa shape index (κ2) is 10.2. The topological polar surface area (TPSA) is 59.0 Å². The fourth-order valence-corrected chi connectivity index (χ4v) is 3.82. The van der Waals surface area contributed by atoms with E-state index in [0.29, 0.717) is 11.4 Å². The fourth-order valence-electron chi connectivity index (χ4n) is 1.98. The molecule has 0 N–H and O–H groups in total. The predicted molar refractivity (Wildman–Crippen MR) is 81.4 cm³/mol. The molecule has 21 heavy (non-hydrogen) atoms. The van der Waals surface area contributed by atoms with Crippen molar-refractivity contribution >= 4 is 56.1 Å². The van der Waals surface area contributed by atoms with Gasteiger partial charge in [-0.2, -0.15) is 0 Å². The number of hydrogen-bond donors (Lipinski definition) is 0. The number of thiazole rings is 1. The van der Waals surface area contributed by atoms with E-state index in [2.05, 4.69) is 17.2 Å². The van der Waals surface area contributed by atoms with Gasteiger partial charge in [0.2, 0.25) is 0 Å². The predicted octanol–water partition coefficient (Wildman–Crippen LogP) is -4.28. The molecular weight excluding hydrogens is 377 g/mol. The zero-order chi connectivity index (χ0) is 14.0. The molecule has 2 rings (SSSR count). The molecule has 3 nitrogen and oxygen atoms in total. The minimum Gasteiger partial charge on any atom is -0.867 e. The molecule has 1 aromatic carbocycles. The van der Waals surface area contributed by atoms with E-state index < -0.39 is 15.5 Å². The molecule has 100 valence electrons. The van der Waals surface area contributed by atoms with Gasteiger partial charge in [0.05, 0.1) is 10.2 Å². The summed E-state index contributed by atoms with van der Waals surface area (Å²) < 4.78 is 0.975. The zero-order valence-electron chi connectivity index (χ0n) is 12.2. The molecule has 1 unspecified atom stereocenters. The number of fused-ring (bicyclic) bond motifs is 1. The number of para-hydroxylation sites is 1. The molecule has 0 bridgehead atoms. The number of hydrogen-bond acceptors (Lipinski definition) is 6. The first-order valence-corrected chi connectivity index (χ1v) is 7.40. The molecule has 0 aliphatic rings. The van der Waals surface area contributed by atoms with Crippen molar-refractivity contribution in [3.8, 4) is 0 Å². The van der Waals surface area contributed by atoms with Gasteiger partial charge in [-0.25, -0.2) is 4.98 Å². The molecule has 0 amide bonds. The third kappa shape index (κ3) is 5.32. The molecule has 0 fully saturated rings. The van der Waals surface area contributed by atoms with Gasteiger partial charge in [0.25, 0.3) is 0 Å². The molecule has 1 atom stereocenters. The Labute approximate surface area is 223 Å². The minimum absolute atomic E-state index is 0. The Bertz CT molecular complexity index is 614. The summed E-state index contributed by atoms with van der Waals surface area (Å²) in [6.07, 6.45) is 0.374. The van der Waals surface area contributed by atoms with Gasteiger partial charge in [-0.15, -0.1) is 35.8 Å². The molecular formula is C13H11K2NO2S3. The van der Waals surface area contributed by atoms with Crippen LogP contribution in [0.2, 0.25) is 0 Å². The molecule has 0 aliphatic heterocycles. The van der Waals surface area contributed by atoms with Crippen LogP contribution in [0, 0.1) is 0 Å². The molecule has 1 heterocycles. The summed E-state index contributed by atoms with van der Waals surface area (Å²) in [6.45, 7) is 1.83. The van der Waals surface area contributed by atoms with Crippen LogP contribution in [0.3, 0.4) is 0 Å². The van der Waals surface area contributed by atoms with E-state index in [-0.39, 0.29) is 109 Å². The Morgan fingerprint density at radius 1 is 1.24 bits per heavy atom. The second-order valence-corrected chi connectivity index (χ2v) is 6.12. The molecule has 0 saturated heterocycles. The molecule has 1 aromatic heterocycles. The Kier molecular flexibility index (Phi) is 11.3. The first-order chi connectivity index (χ1) is 8.99. The van der Waals surface area contributed by atoms with Gasteiger partial charge in [0, 0.05) is 5.41 Å². The van der Waals surface area contributed by atoms with E-state index in [4.69, 9.17) is 12.2 Å². The SMILES string of the molecule is CCC(CC([O-])=S)(C([O-])=S)c1nc2ccccc2s1.[K+].[K+]. The van der Waals surface area contributed by atoms with Gasteiger partial charge in [0.1, 0.15) is 5.01 Å². The van der Waals surface area contributed by atoms with E-state index >= 15 is 0 Å². The van der Waals surface area contributed by atoms with Crippen molar-refractivity contribution in [2.75, 3.05) is 0 Å². The summed E-state index contributed by atoms with van der Waals surface area (Å²) in [7, 11) is 0. The Morgan fingerprint density at radius 3 is 2.33 bits per heavy atom.